The molecule has 21 heavy (non-hydrogen) atoms. The first-order valence-corrected chi connectivity index (χ1v) is 6.12. The van der Waals surface area contributed by atoms with Gasteiger partial charge in [-0.15, -0.1) is 0 Å². The molecule has 5 nitrogen and oxygen atoms in total. The summed E-state index contributed by atoms with van der Waals surface area (Å²) in [5.41, 5.74) is -1.34. The highest BCUT2D eigenvalue weighted by Gasteiger charge is 2.31. The Kier molecular flexibility index (Phi) is 5.56. The molecular formula is C12H12ClF3N2O3. The second-order valence-electron chi connectivity index (χ2n) is 4.20. The van der Waals surface area contributed by atoms with Crippen LogP contribution in [0.1, 0.15) is 12.5 Å². The summed E-state index contributed by atoms with van der Waals surface area (Å²) in [6.45, 7) is 1.06. The van der Waals surface area contributed by atoms with Crippen molar-refractivity contribution in [2.45, 2.75) is 19.1 Å². The standard InChI is InChI=1S/C12H12ClF3N2O3/c1-6(5-19)17-10(20)11(21)18-9-4-7(12(14,15)16)2-3-8(9)13/h2-4,6,19H,5H2,1H3,(H,17,20)(H,18,21). The van der Waals surface area contributed by atoms with Crippen LogP contribution in [0.25, 0.3) is 0 Å². The van der Waals surface area contributed by atoms with Gasteiger partial charge in [0.25, 0.3) is 0 Å². The molecule has 0 saturated heterocycles. The predicted octanol–water partition coefficient (Wildman–Crippen LogP) is 1.79. The van der Waals surface area contributed by atoms with E-state index in [1.807, 2.05) is 5.32 Å². The minimum atomic E-state index is -4.60. The summed E-state index contributed by atoms with van der Waals surface area (Å²) >= 11 is 5.67. The number of hydrogen-bond donors (Lipinski definition) is 3. The maximum absolute atomic E-state index is 12.6. The van der Waals surface area contributed by atoms with Gasteiger partial charge in [-0.2, -0.15) is 13.2 Å². The van der Waals surface area contributed by atoms with Gasteiger partial charge < -0.3 is 15.7 Å². The van der Waals surface area contributed by atoms with Gasteiger partial charge in [0.05, 0.1) is 22.9 Å². The third kappa shape index (κ3) is 4.91. The summed E-state index contributed by atoms with van der Waals surface area (Å²) in [5.74, 6) is -2.28. The minimum Gasteiger partial charge on any atom is -0.394 e. The molecule has 116 valence electrons. The summed E-state index contributed by atoms with van der Waals surface area (Å²) in [6, 6.07) is 1.68. The lowest BCUT2D eigenvalue weighted by Crippen LogP contribution is -2.42. The van der Waals surface area contributed by atoms with Crippen LogP contribution in [0.3, 0.4) is 0 Å². The fourth-order valence-electron chi connectivity index (χ4n) is 1.31. The maximum Gasteiger partial charge on any atom is 0.416 e. The number of anilines is 1. The molecular weight excluding hydrogens is 313 g/mol. The van der Waals surface area contributed by atoms with Crippen LogP contribution < -0.4 is 10.6 Å². The highest BCUT2D eigenvalue weighted by atomic mass is 35.5. The van der Waals surface area contributed by atoms with Crippen LogP contribution in [-0.2, 0) is 15.8 Å². The number of hydrogen-bond acceptors (Lipinski definition) is 3. The number of carbonyl (C=O) groups is 2. The van der Waals surface area contributed by atoms with Crippen LogP contribution >= 0.6 is 11.6 Å². The Bertz CT molecular complexity index is 549. The number of rotatable bonds is 3. The number of carbonyl (C=O) groups excluding carboxylic acids is 2. The van der Waals surface area contributed by atoms with Crippen LogP contribution in [0.4, 0.5) is 18.9 Å². The molecule has 0 aliphatic carbocycles. The van der Waals surface area contributed by atoms with E-state index in [1.165, 1.54) is 6.92 Å². The molecule has 0 fully saturated rings. The predicted molar refractivity (Wildman–Crippen MR) is 69.8 cm³/mol. The highest BCUT2D eigenvalue weighted by molar-refractivity contribution is 6.41. The Morgan fingerprint density at radius 3 is 2.48 bits per heavy atom. The van der Waals surface area contributed by atoms with Crippen LogP contribution in [-0.4, -0.2) is 29.6 Å². The zero-order chi connectivity index (χ0) is 16.2. The second-order valence-corrected chi connectivity index (χ2v) is 4.61. The van der Waals surface area contributed by atoms with Gasteiger partial charge in [0, 0.05) is 6.04 Å². The van der Waals surface area contributed by atoms with Gasteiger partial charge >= 0.3 is 18.0 Å². The molecule has 2 amide bonds. The number of aliphatic hydroxyl groups excluding tert-OH is 1. The zero-order valence-electron chi connectivity index (χ0n) is 10.8. The number of amides is 2. The van der Waals surface area contributed by atoms with Crippen LogP contribution in [0.2, 0.25) is 5.02 Å². The van der Waals surface area contributed by atoms with E-state index in [4.69, 9.17) is 16.7 Å². The number of nitrogens with one attached hydrogen (secondary N) is 2. The van der Waals surface area contributed by atoms with Crippen LogP contribution in [0, 0.1) is 0 Å². The van der Waals surface area contributed by atoms with E-state index >= 15 is 0 Å². The van der Waals surface area contributed by atoms with Crippen molar-refractivity contribution in [3.05, 3.63) is 28.8 Å². The lowest BCUT2D eigenvalue weighted by atomic mass is 10.2. The van der Waals surface area contributed by atoms with Gasteiger partial charge in [0.15, 0.2) is 0 Å². The van der Waals surface area contributed by atoms with Gasteiger partial charge in [0.2, 0.25) is 0 Å². The highest BCUT2D eigenvalue weighted by Crippen LogP contribution is 2.33. The van der Waals surface area contributed by atoms with Crippen molar-refractivity contribution < 1.29 is 27.9 Å². The lowest BCUT2D eigenvalue weighted by Gasteiger charge is -2.13. The fourth-order valence-corrected chi connectivity index (χ4v) is 1.48. The molecule has 1 aromatic carbocycles. The summed E-state index contributed by atoms with van der Waals surface area (Å²) in [7, 11) is 0. The Balaban J connectivity index is 2.87. The Labute approximate surface area is 123 Å². The summed E-state index contributed by atoms with van der Waals surface area (Å²) in [4.78, 5) is 22.9. The monoisotopic (exact) mass is 324 g/mol. The summed E-state index contributed by atoms with van der Waals surface area (Å²) < 4.78 is 37.7. The Morgan fingerprint density at radius 2 is 1.95 bits per heavy atom. The van der Waals surface area contributed by atoms with Crippen LogP contribution in [0.15, 0.2) is 18.2 Å². The van der Waals surface area contributed by atoms with Crippen molar-refractivity contribution >= 4 is 29.1 Å². The summed E-state index contributed by atoms with van der Waals surface area (Å²) in [5, 5.41) is 12.7. The fraction of sp³-hybridized carbons (Fsp3) is 0.333. The molecule has 9 heteroatoms. The average Bonchev–Trinajstić information content (AvgIpc) is 2.39. The normalized spacial score (nSPS) is 12.7. The van der Waals surface area contributed by atoms with E-state index in [2.05, 4.69) is 5.32 Å². The molecule has 0 aliphatic rings. The van der Waals surface area contributed by atoms with Crippen molar-refractivity contribution in [1.82, 2.24) is 5.32 Å². The Hall–Kier alpha value is -1.80. The molecule has 0 spiro atoms. The second kappa shape index (κ2) is 6.77. The van der Waals surface area contributed by atoms with Crippen molar-refractivity contribution in [3.63, 3.8) is 0 Å². The third-order valence-corrected chi connectivity index (χ3v) is 2.73. The maximum atomic E-state index is 12.6. The van der Waals surface area contributed by atoms with Crippen molar-refractivity contribution in [3.8, 4) is 0 Å². The first kappa shape index (κ1) is 17.3. The number of aliphatic hydroxyl groups is 1. The molecule has 0 aromatic heterocycles. The molecule has 0 radical (unpaired) electrons. The van der Waals surface area contributed by atoms with Gasteiger partial charge in [-0.25, -0.2) is 0 Å². The number of benzene rings is 1. The first-order valence-electron chi connectivity index (χ1n) is 5.74. The van der Waals surface area contributed by atoms with Gasteiger partial charge in [-0.1, -0.05) is 11.6 Å². The molecule has 1 atom stereocenters. The summed E-state index contributed by atoms with van der Waals surface area (Å²) in [6.07, 6.45) is -4.60. The van der Waals surface area contributed by atoms with Gasteiger partial charge in [0.1, 0.15) is 0 Å². The zero-order valence-corrected chi connectivity index (χ0v) is 11.5. The molecule has 0 heterocycles. The molecule has 0 aliphatic heterocycles. The smallest absolute Gasteiger partial charge is 0.394 e. The molecule has 1 aromatic rings. The van der Waals surface area contributed by atoms with E-state index in [0.29, 0.717) is 6.07 Å². The number of alkyl halides is 3. The minimum absolute atomic E-state index is 0.139. The average molecular weight is 325 g/mol. The first-order chi connectivity index (χ1) is 9.65. The lowest BCUT2D eigenvalue weighted by molar-refractivity contribution is -0.137. The Morgan fingerprint density at radius 1 is 1.33 bits per heavy atom. The van der Waals surface area contributed by atoms with Crippen molar-refractivity contribution in [1.29, 1.82) is 0 Å². The van der Waals surface area contributed by atoms with Crippen molar-refractivity contribution in [2.75, 3.05) is 11.9 Å². The van der Waals surface area contributed by atoms with E-state index in [0.717, 1.165) is 12.1 Å². The van der Waals surface area contributed by atoms with Crippen LogP contribution in [0.5, 0.6) is 0 Å². The van der Waals surface area contributed by atoms with E-state index < -0.39 is 29.6 Å². The molecule has 0 saturated carbocycles. The molecule has 1 unspecified atom stereocenters. The molecule has 1 rings (SSSR count). The number of halogens is 4. The van der Waals surface area contributed by atoms with Crippen molar-refractivity contribution in [2.24, 2.45) is 0 Å². The SMILES string of the molecule is CC(CO)NC(=O)C(=O)Nc1cc(C(F)(F)F)ccc1Cl. The quantitative estimate of drug-likeness (QED) is 0.742. The molecule has 3 N–H and O–H groups in total. The largest absolute Gasteiger partial charge is 0.416 e. The van der Waals surface area contributed by atoms with E-state index in [9.17, 15) is 22.8 Å². The van der Waals surface area contributed by atoms with Gasteiger partial charge in [-0.05, 0) is 25.1 Å². The molecule has 0 bridgehead atoms. The van der Waals surface area contributed by atoms with E-state index in [-0.39, 0.29) is 17.3 Å². The van der Waals surface area contributed by atoms with Gasteiger partial charge in [-0.3, -0.25) is 9.59 Å². The van der Waals surface area contributed by atoms with E-state index in [1.54, 1.807) is 0 Å². The third-order valence-electron chi connectivity index (χ3n) is 2.40. The topological polar surface area (TPSA) is 78.4 Å².